The van der Waals surface area contributed by atoms with E-state index in [9.17, 15) is 9.59 Å². The zero-order valence-corrected chi connectivity index (χ0v) is 14.1. The molecular weight excluding hydrogens is 350 g/mol. The standard InChI is InChI=1S/C16H16BrNO4/c1-9-5-4-6-12(14(9)17)15(19)18(3)8-11-7-13(16(20)21)10(2)22-11/h4-7H,8H2,1-3H3,(H,20,21). The molecule has 1 N–H and O–H groups in total. The normalized spacial score (nSPS) is 10.5. The molecule has 22 heavy (non-hydrogen) atoms. The van der Waals surface area contributed by atoms with Gasteiger partial charge in [0.15, 0.2) is 0 Å². The summed E-state index contributed by atoms with van der Waals surface area (Å²) in [5.74, 6) is -0.431. The zero-order chi connectivity index (χ0) is 16.4. The molecule has 1 aromatic carbocycles. The number of carbonyl (C=O) groups is 2. The second-order valence-electron chi connectivity index (χ2n) is 5.09. The molecule has 5 nitrogen and oxygen atoms in total. The predicted molar refractivity (Wildman–Crippen MR) is 85.1 cm³/mol. The van der Waals surface area contributed by atoms with Crippen molar-refractivity contribution < 1.29 is 19.1 Å². The number of hydrogen-bond acceptors (Lipinski definition) is 3. The summed E-state index contributed by atoms with van der Waals surface area (Å²) >= 11 is 3.42. The Morgan fingerprint density at radius 2 is 1.95 bits per heavy atom. The number of furan rings is 1. The minimum atomic E-state index is -1.04. The first-order valence-electron chi connectivity index (χ1n) is 6.64. The van der Waals surface area contributed by atoms with Crippen LogP contribution in [0.3, 0.4) is 0 Å². The van der Waals surface area contributed by atoms with Crippen molar-refractivity contribution in [3.05, 3.63) is 56.9 Å². The molecule has 0 aliphatic rings. The van der Waals surface area contributed by atoms with Crippen LogP contribution in [0.25, 0.3) is 0 Å². The molecule has 0 unspecified atom stereocenters. The molecule has 116 valence electrons. The van der Waals surface area contributed by atoms with E-state index < -0.39 is 5.97 Å². The molecule has 0 aliphatic heterocycles. The number of amides is 1. The molecule has 1 heterocycles. The lowest BCUT2D eigenvalue weighted by Gasteiger charge is -2.17. The number of hydrogen-bond donors (Lipinski definition) is 1. The summed E-state index contributed by atoms with van der Waals surface area (Å²) in [5, 5.41) is 9.02. The third-order valence-corrected chi connectivity index (χ3v) is 4.41. The molecule has 0 saturated carbocycles. The van der Waals surface area contributed by atoms with Gasteiger partial charge in [0.25, 0.3) is 5.91 Å². The third-order valence-electron chi connectivity index (χ3n) is 3.36. The van der Waals surface area contributed by atoms with E-state index in [-0.39, 0.29) is 18.0 Å². The maximum atomic E-state index is 12.5. The fourth-order valence-electron chi connectivity index (χ4n) is 2.16. The monoisotopic (exact) mass is 365 g/mol. The Bertz CT molecular complexity index is 736. The number of nitrogens with zero attached hydrogens (tertiary/aromatic N) is 1. The van der Waals surface area contributed by atoms with Crippen molar-refractivity contribution in [3.8, 4) is 0 Å². The molecule has 0 saturated heterocycles. The van der Waals surface area contributed by atoms with E-state index in [0.717, 1.165) is 10.0 Å². The van der Waals surface area contributed by atoms with E-state index >= 15 is 0 Å². The summed E-state index contributed by atoms with van der Waals surface area (Å²) in [6.07, 6.45) is 0. The maximum Gasteiger partial charge on any atom is 0.339 e. The second kappa shape index (κ2) is 6.36. The van der Waals surface area contributed by atoms with Gasteiger partial charge < -0.3 is 14.4 Å². The zero-order valence-electron chi connectivity index (χ0n) is 12.5. The van der Waals surface area contributed by atoms with Crippen molar-refractivity contribution in [2.75, 3.05) is 7.05 Å². The highest BCUT2D eigenvalue weighted by molar-refractivity contribution is 9.10. The summed E-state index contributed by atoms with van der Waals surface area (Å²) in [5.41, 5.74) is 1.65. The molecule has 0 bridgehead atoms. The molecule has 0 radical (unpaired) electrons. The van der Waals surface area contributed by atoms with Crippen molar-refractivity contribution in [1.82, 2.24) is 4.90 Å². The van der Waals surface area contributed by atoms with E-state index in [1.54, 1.807) is 20.0 Å². The maximum absolute atomic E-state index is 12.5. The summed E-state index contributed by atoms with van der Waals surface area (Å²) in [6.45, 7) is 3.70. The van der Waals surface area contributed by atoms with Gasteiger partial charge in [0.1, 0.15) is 17.1 Å². The molecule has 1 amide bonds. The fourth-order valence-corrected chi connectivity index (χ4v) is 2.59. The Hall–Kier alpha value is -2.08. The summed E-state index contributed by atoms with van der Waals surface area (Å²) in [4.78, 5) is 25.0. The highest BCUT2D eigenvalue weighted by Gasteiger charge is 2.19. The number of carbonyl (C=O) groups excluding carboxylic acids is 1. The SMILES string of the molecule is Cc1cccc(C(=O)N(C)Cc2cc(C(=O)O)c(C)o2)c1Br. The molecule has 2 aromatic rings. The van der Waals surface area contributed by atoms with Crippen LogP contribution in [0.4, 0.5) is 0 Å². The minimum absolute atomic E-state index is 0.118. The van der Waals surface area contributed by atoms with Gasteiger partial charge in [0.2, 0.25) is 0 Å². The highest BCUT2D eigenvalue weighted by Crippen LogP contribution is 2.23. The molecule has 0 aliphatic carbocycles. The van der Waals surface area contributed by atoms with Gasteiger partial charge in [-0.2, -0.15) is 0 Å². The molecule has 0 atom stereocenters. The van der Waals surface area contributed by atoms with Crippen molar-refractivity contribution in [3.63, 3.8) is 0 Å². The van der Waals surface area contributed by atoms with Crippen LogP contribution in [-0.2, 0) is 6.54 Å². The smallest absolute Gasteiger partial charge is 0.339 e. The minimum Gasteiger partial charge on any atom is -0.478 e. The number of halogens is 1. The summed E-state index contributed by atoms with van der Waals surface area (Å²) < 4.78 is 6.16. The van der Waals surface area contributed by atoms with Crippen molar-refractivity contribution in [1.29, 1.82) is 0 Å². The molecule has 2 rings (SSSR count). The average molecular weight is 366 g/mol. The number of benzene rings is 1. The number of carboxylic acid groups (broad SMARTS) is 1. The first-order valence-corrected chi connectivity index (χ1v) is 7.43. The lowest BCUT2D eigenvalue weighted by molar-refractivity contribution is 0.0694. The first-order chi connectivity index (χ1) is 10.3. The van der Waals surface area contributed by atoms with Crippen molar-refractivity contribution >= 4 is 27.8 Å². The summed E-state index contributed by atoms with van der Waals surface area (Å²) in [6, 6.07) is 6.93. The topological polar surface area (TPSA) is 70.8 Å². The van der Waals surface area contributed by atoms with Gasteiger partial charge in [-0.25, -0.2) is 4.79 Å². The van der Waals surface area contributed by atoms with Gasteiger partial charge in [-0.3, -0.25) is 4.79 Å². The van der Waals surface area contributed by atoms with Crippen LogP contribution in [0.15, 0.2) is 33.2 Å². The Morgan fingerprint density at radius 1 is 1.27 bits per heavy atom. The van der Waals surface area contributed by atoms with Crippen molar-refractivity contribution in [2.45, 2.75) is 20.4 Å². The van der Waals surface area contributed by atoms with E-state index in [4.69, 9.17) is 9.52 Å². The number of carboxylic acids is 1. The highest BCUT2D eigenvalue weighted by atomic mass is 79.9. The average Bonchev–Trinajstić information content (AvgIpc) is 2.82. The Morgan fingerprint density at radius 3 is 2.55 bits per heavy atom. The van der Waals surface area contributed by atoms with E-state index in [1.807, 2.05) is 19.1 Å². The Labute approximate surface area is 136 Å². The van der Waals surface area contributed by atoms with Crippen molar-refractivity contribution in [2.24, 2.45) is 0 Å². The lowest BCUT2D eigenvalue weighted by Crippen LogP contribution is -2.26. The van der Waals surface area contributed by atoms with Gasteiger partial charge in [0, 0.05) is 11.5 Å². The number of aryl methyl sites for hydroxylation is 2. The molecule has 6 heteroatoms. The van der Waals surface area contributed by atoms with Gasteiger partial charge >= 0.3 is 5.97 Å². The number of rotatable bonds is 4. The van der Waals surface area contributed by atoms with Crippen LogP contribution in [-0.4, -0.2) is 28.9 Å². The molecule has 0 spiro atoms. The van der Waals surface area contributed by atoms with Gasteiger partial charge in [-0.1, -0.05) is 12.1 Å². The molecule has 1 aromatic heterocycles. The largest absolute Gasteiger partial charge is 0.478 e. The van der Waals surface area contributed by atoms with E-state index in [1.165, 1.54) is 11.0 Å². The Balaban J connectivity index is 2.20. The van der Waals surface area contributed by atoms with Crippen LogP contribution >= 0.6 is 15.9 Å². The van der Waals surface area contributed by atoms with Gasteiger partial charge in [-0.05, 0) is 47.5 Å². The van der Waals surface area contributed by atoms with E-state index in [2.05, 4.69) is 15.9 Å². The third kappa shape index (κ3) is 3.22. The van der Waals surface area contributed by atoms with Crippen LogP contribution in [0.1, 0.15) is 37.8 Å². The molecule has 0 fully saturated rings. The van der Waals surface area contributed by atoms with Crippen LogP contribution in [0.2, 0.25) is 0 Å². The van der Waals surface area contributed by atoms with Crippen LogP contribution < -0.4 is 0 Å². The Kier molecular flexibility index (Phi) is 4.71. The molecular formula is C16H16BrNO4. The lowest BCUT2D eigenvalue weighted by atomic mass is 10.1. The first kappa shape index (κ1) is 16.3. The predicted octanol–water partition coefficient (Wildman–Crippen LogP) is 3.63. The van der Waals surface area contributed by atoms with E-state index in [0.29, 0.717) is 17.1 Å². The van der Waals surface area contributed by atoms with Gasteiger partial charge in [-0.15, -0.1) is 0 Å². The van der Waals surface area contributed by atoms with Gasteiger partial charge in [0.05, 0.1) is 12.1 Å². The van der Waals surface area contributed by atoms with Crippen LogP contribution in [0, 0.1) is 13.8 Å². The van der Waals surface area contributed by atoms with Crippen LogP contribution in [0.5, 0.6) is 0 Å². The quantitative estimate of drug-likeness (QED) is 0.897. The summed E-state index contributed by atoms with van der Waals surface area (Å²) in [7, 11) is 1.65. The second-order valence-corrected chi connectivity index (χ2v) is 5.88. The number of aromatic carboxylic acids is 1. The fraction of sp³-hybridized carbons (Fsp3) is 0.250.